The van der Waals surface area contributed by atoms with Crippen LogP contribution in [0.4, 0.5) is 5.69 Å². The predicted molar refractivity (Wildman–Crippen MR) is 85.5 cm³/mol. The number of aryl methyl sites for hydroxylation is 1. The highest BCUT2D eigenvalue weighted by Gasteiger charge is 2.24. The molecule has 4 nitrogen and oxygen atoms in total. The van der Waals surface area contributed by atoms with E-state index in [1.807, 2.05) is 6.07 Å². The summed E-state index contributed by atoms with van der Waals surface area (Å²) in [4.78, 5) is 10.5. The summed E-state index contributed by atoms with van der Waals surface area (Å²) in [6.45, 7) is 3.26. The minimum atomic E-state index is -0.312. The Bertz CT molecular complexity index is 456. The summed E-state index contributed by atoms with van der Waals surface area (Å²) < 4.78 is 0. The van der Waals surface area contributed by atoms with Gasteiger partial charge in [0, 0.05) is 18.2 Å². The Morgan fingerprint density at radius 2 is 2.14 bits per heavy atom. The molecular weight excluding hydrogens is 264 g/mol. The zero-order valence-electron chi connectivity index (χ0n) is 12.9. The second kappa shape index (κ2) is 8.13. The molecule has 0 heterocycles. The van der Waals surface area contributed by atoms with Gasteiger partial charge >= 0.3 is 0 Å². The molecule has 0 bridgehead atoms. The van der Waals surface area contributed by atoms with Crippen LogP contribution in [0.3, 0.4) is 0 Å². The van der Waals surface area contributed by atoms with Crippen molar-refractivity contribution < 1.29 is 4.92 Å². The number of hydrogen-bond acceptors (Lipinski definition) is 3. The highest BCUT2D eigenvalue weighted by atomic mass is 16.6. The van der Waals surface area contributed by atoms with Crippen molar-refractivity contribution in [1.82, 2.24) is 5.32 Å². The third kappa shape index (κ3) is 4.81. The number of nitrogens with one attached hydrogen (secondary N) is 1. The fraction of sp³-hybridized carbons (Fsp3) is 0.647. The molecule has 0 saturated heterocycles. The van der Waals surface area contributed by atoms with E-state index in [2.05, 4.69) is 12.2 Å². The van der Waals surface area contributed by atoms with E-state index in [0.717, 1.165) is 37.3 Å². The van der Waals surface area contributed by atoms with Crippen LogP contribution >= 0.6 is 0 Å². The Hall–Kier alpha value is -1.42. The number of nitro benzene ring substituents is 1. The predicted octanol–water partition coefficient (Wildman–Crippen LogP) is 4.09. The van der Waals surface area contributed by atoms with E-state index in [0.29, 0.717) is 6.04 Å². The maximum Gasteiger partial charge on any atom is 0.269 e. The lowest BCUT2D eigenvalue weighted by molar-refractivity contribution is -0.384. The van der Waals surface area contributed by atoms with Crippen LogP contribution in [0, 0.1) is 16.0 Å². The van der Waals surface area contributed by atoms with Crippen LogP contribution in [0.5, 0.6) is 0 Å². The maximum atomic E-state index is 10.8. The molecule has 0 aliphatic heterocycles. The zero-order valence-corrected chi connectivity index (χ0v) is 12.9. The SMILES string of the molecule is CCCNC(CCc1cccc([N+](=O)[O-])c1)C1CCCC1. The first-order chi connectivity index (χ1) is 10.2. The van der Waals surface area contributed by atoms with Gasteiger partial charge in [0.15, 0.2) is 0 Å². The minimum absolute atomic E-state index is 0.200. The van der Waals surface area contributed by atoms with Gasteiger partial charge in [-0.05, 0) is 50.1 Å². The summed E-state index contributed by atoms with van der Waals surface area (Å²) >= 11 is 0. The van der Waals surface area contributed by atoms with E-state index < -0.39 is 0 Å². The van der Waals surface area contributed by atoms with Crippen LogP contribution in [-0.2, 0) is 6.42 Å². The highest BCUT2D eigenvalue weighted by Crippen LogP contribution is 2.30. The molecule has 1 aromatic carbocycles. The van der Waals surface area contributed by atoms with Crippen molar-refractivity contribution in [1.29, 1.82) is 0 Å². The van der Waals surface area contributed by atoms with Gasteiger partial charge in [0.2, 0.25) is 0 Å². The number of non-ortho nitro benzene ring substituents is 1. The molecule has 1 N–H and O–H groups in total. The van der Waals surface area contributed by atoms with Crippen LogP contribution in [0.1, 0.15) is 51.0 Å². The summed E-state index contributed by atoms with van der Waals surface area (Å²) in [7, 11) is 0. The van der Waals surface area contributed by atoms with Crippen LogP contribution in [0.2, 0.25) is 0 Å². The fourth-order valence-electron chi connectivity index (χ4n) is 3.34. The van der Waals surface area contributed by atoms with Crippen molar-refractivity contribution in [3.63, 3.8) is 0 Å². The van der Waals surface area contributed by atoms with Gasteiger partial charge in [-0.15, -0.1) is 0 Å². The number of benzene rings is 1. The monoisotopic (exact) mass is 290 g/mol. The van der Waals surface area contributed by atoms with Crippen LogP contribution in [-0.4, -0.2) is 17.5 Å². The van der Waals surface area contributed by atoms with E-state index in [9.17, 15) is 10.1 Å². The molecule has 1 aromatic rings. The Morgan fingerprint density at radius 1 is 1.38 bits per heavy atom. The van der Waals surface area contributed by atoms with Gasteiger partial charge in [-0.1, -0.05) is 31.9 Å². The molecule has 0 amide bonds. The first-order valence-corrected chi connectivity index (χ1v) is 8.17. The topological polar surface area (TPSA) is 55.2 Å². The van der Waals surface area contributed by atoms with Gasteiger partial charge < -0.3 is 5.32 Å². The van der Waals surface area contributed by atoms with Gasteiger partial charge in [-0.3, -0.25) is 10.1 Å². The average molecular weight is 290 g/mol. The quantitative estimate of drug-likeness (QED) is 0.579. The minimum Gasteiger partial charge on any atom is -0.314 e. The molecule has 116 valence electrons. The molecule has 4 heteroatoms. The van der Waals surface area contributed by atoms with Crippen LogP contribution in [0.15, 0.2) is 24.3 Å². The Morgan fingerprint density at radius 3 is 2.81 bits per heavy atom. The average Bonchev–Trinajstić information content (AvgIpc) is 3.02. The smallest absolute Gasteiger partial charge is 0.269 e. The second-order valence-electron chi connectivity index (χ2n) is 6.07. The molecule has 1 unspecified atom stereocenters. The first kappa shape index (κ1) is 16.0. The van der Waals surface area contributed by atoms with Crippen molar-refractivity contribution in [2.45, 2.75) is 57.9 Å². The van der Waals surface area contributed by atoms with Crippen LogP contribution in [0.25, 0.3) is 0 Å². The van der Waals surface area contributed by atoms with Crippen LogP contribution < -0.4 is 5.32 Å². The standard InChI is InChI=1S/C17H26N2O2/c1-2-12-18-17(15-7-3-4-8-15)11-10-14-6-5-9-16(13-14)19(20)21/h5-6,9,13,15,17-18H,2-4,7-8,10-12H2,1H3. The van der Waals surface area contributed by atoms with Gasteiger partial charge in [0.05, 0.1) is 4.92 Å². The van der Waals surface area contributed by atoms with Crippen molar-refractivity contribution in [3.8, 4) is 0 Å². The van der Waals surface area contributed by atoms with Gasteiger partial charge in [-0.2, -0.15) is 0 Å². The summed E-state index contributed by atoms with van der Waals surface area (Å²) in [6.07, 6.45) is 8.51. The number of nitro groups is 1. The lowest BCUT2D eigenvalue weighted by atomic mass is 9.92. The zero-order chi connectivity index (χ0) is 15.1. The number of rotatable bonds is 8. The van der Waals surface area contributed by atoms with E-state index in [1.165, 1.54) is 25.7 Å². The van der Waals surface area contributed by atoms with Crippen molar-refractivity contribution in [2.75, 3.05) is 6.54 Å². The lowest BCUT2D eigenvalue weighted by Crippen LogP contribution is -2.36. The Kier molecular flexibility index (Phi) is 6.18. The fourth-order valence-corrected chi connectivity index (χ4v) is 3.34. The molecule has 1 aliphatic carbocycles. The maximum absolute atomic E-state index is 10.8. The van der Waals surface area contributed by atoms with E-state index in [1.54, 1.807) is 18.2 Å². The van der Waals surface area contributed by atoms with E-state index >= 15 is 0 Å². The summed E-state index contributed by atoms with van der Waals surface area (Å²) in [5.41, 5.74) is 1.27. The van der Waals surface area contributed by atoms with Gasteiger partial charge in [0.1, 0.15) is 0 Å². The van der Waals surface area contributed by atoms with E-state index in [4.69, 9.17) is 0 Å². The summed E-state index contributed by atoms with van der Waals surface area (Å²) in [6, 6.07) is 7.63. The van der Waals surface area contributed by atoms with Crippen molar-refractivity contribution >= 4 is 5.69 Å². The molecule has 21 heavy (non-hydrogen) atoms. The molecule has 1 atom stereocenters. The third-order valence-electron chi connectivity index (χ3n) is 4.49. The van der Waals surface area contributed by atoms with Gasteiger partial charge in [0.25, 0.3) is 5.69 Å². The second-order valence-corrected chi connectivity index (χ2v) is 6.07. The van der Waals surface area contributed by atoms with Crippen molar-refractivity contribution in [2.24, 2.45) is 5.92 Å². The van der Waals surface area contributed by atoms with Crippen molar-refractivity contribution in [3.05, 3.63) is 39.9 Å². The molecule has 2 rings (SSSR count). The highest BCUT2D eigenvalue weighted by molar-refractivity contribution is 5.34. The Labute approximate surface area is 127 Å². The molecule has 0 aromatic heterocycles. The molecule has 1 saturated carbocycles. The van der Waals surface area contributed by atoms with E-state index in [-0.39, 0.29) is 10.6 Å². The molecule has 0 radical (unpaired) electrons. The molecule has 1 aliphatic rings. The largest absolute Gasteiger partial charge is 0.314 e. The summed E-state index contributed by atoms with van der Waals surface area (Å²) in [5.74, 6) is 0.787. The molecule has 0 spiro atoms. The molecular formula is C17H26N2O2. The third-order valence-corrected chi connectivity index (χ3v) is 4.49. The lowest BCUT2D eigenvalue weighted by Gasteiger charge is -2.24. The number of hydrogen-bond donors (Lipinski definition) is 1. The number of nitrogens with zero attached hydrogens (tertiary/aromatic N) is 1. The summed E-state index contributed by atoms with van der Waals surface area (Å²) in [5, 5.41) is 14.5. The van der Waals surface area contributed by atoms with Gasteiger partial charge in [-0.25, -0.2) is 0 Å². The first-order valence-electron chi connectivity index (χ1n) is 8.17. The Balaban J connectivity index is 1.93. The molecule has 1 fully saturated rings. The normalized spacial score (nSPS) is 17.0.